The van der Waals surface area contributed by atoms with Crippen LogP contribution in [0.3, 0.4) is 0 Å². The van der Waals surface area contributed by atoms with Crippen LogP contribution in [-0.2, 0) is 21.0 Å². The van der Waals surface area contributed by atoms with Crippen LogP contribution in [0.15, 0.2) is 30.8 Å². The van der Waals surface area contributed by atoms with Gasteiger partial charge in [0.15, 0.2) is 0 Å². The summed E-state index contributed by atoms with van der Waals surface area (Å²) in [6.45, 7) is 10.6. The van der Waals surface area contributed by atoms with Gasteiger partial charge in [0.2, 0.25) is 0 Å². The van der Waals surface area contributed by atoms with Crippen molar-refractivity contribution in [3.05, 3.63) is 36.4 Å². The molecule has 0 aromatic heterocycles. The molecular formula is C15H19NO4S. The minimum Gasteiger partial charge on any atom is -0.595 e. The Bertz CT molecular complexity index is 567. The first-order valence-corrected chi connectivity index (χ1v) is 7.67. The number of hydrogen-bond acceptors (Lipinski definition) is 5. The molecule has 5 nitrogen and oxygen atoms in total. The zero-order chi connectivity index (χ0) is 15.8. The number of hydrogen-bond donors (Lipinski definition) is 0. The van der Waals surface area contributed by atoms with E-state index in [0.29, 0.717) is 11.3 Å². The van der Waals surface area contributed by atoms with Crippen LogP contribution in [0.5, 0.6) is 5.75 Å². The molecule has 1 aromatic rings. The SMILES string of the molecule is C=C1c2ccccc2O[C@H]1N(OC(C)=O)[S@@+]([O-])C(C)(C)C. The lowest BCUT2D eigenvalue weighted by molar-refractivity contribution is -0.180. The third kappa shape index (κ3) is 3.23. The summed E-state index contributed by atoms with van der Waals surface area (Å²) in [5.74, 6) is 0.0792. The fourth-order valence-electron chi connectivity index (χ4n) is 1.89. The molecule has 0 fully saturated rings. The number of ether oxygens (including phenoxy) is 1. The van der Waals surface area contributed by atoms with Gasteiger partial charge in [0.05, 0.1) is 15.8 Å². The van der Waals surface area contributed by atoms with Crippen molar-refractivity contribution in [3.63, 3.8) is 0 Å². The van der Waals surface area contributed by atoms with Crippen molar-refractivity contribution >= 4 is 22.9 Å². The second-order valence-corrected chi connectivity index (χ2v) is 7.80. The molecule has 0 N–H and O–H groups in total. The molecule has 1 aromatic carbocycles. The standard InChI is InChI=1S/C15H19NO4S/c1-10-12-8-6-7-9-13(12)19-14(10)16(20-11(2)17)21(18)15(3,4)5/h6-9,14H,1H2,2-5H3/t14-,21+/m1/s1. The monoisotopic (exact) mass is 309 g/mol. The molecule has 0 saturated carbocycles. The molecule has 0 spiro atoms. The number of fused-ring (bicyclic) bond motifs is 1. The third-order valence-electron chi connectivity index (χ3n) is 2.87. The van der Waals surface area contributed by atoms with Crippen molar-refractivity contribution in [1.82, 2.24) is 4.47 Å². The molecule has 0 amide bonds. The van der Waals surface area contributed by atoms with Crippen LogP contribution in [0, 0.1) is 0 Å². The molecule has 1 aliphatic heterocycles. The van der Waals surface area contributed by atoms with E-state index in [2.05, 4.69) is 6.58 Å². The molecule has 2 rings (SSSR count). The quantitative estimate of drug-likeness (QED) is 0.634. The average molecular weight is 309 g/mol. The molecule has 0 radical (unpaired) electrons. The van der Waals surface area contributed by atoms with Crippen molar-refractivity contribution in [2.45, 2.75) is 38.7 Å². The van der Waals surface area contributed by atoms with Gasteiger partial charge in [-0.3, -0.25) is 4.79 Å². The molecule has 0 bridgehead atoms. The summed E-state index contributed by atoms with van der Waals surface area (Å²) in [6, 6.07) is 7.37. The Morgan fingerprint density at radius 1 is 1.43 bits per heavy atom. The van der Waals surface area contributed by atoms with Gasteiger partial charge < -0.3 is 14.1 Å². The maximum absolute atomic E-state index is 12.6. The van der Waals surface area contributed by atoms with E-state index in [9.17, 15) is 9.35 Å². The van der Waals surface area contributed by atoms with Crippen LogP contribution in [-0.4, -0.2) is 26.0 Å². The molecule has 21 heavy (non-hydrogen) atoms. The van der Waals surface area contributed by atoms with Gasteiger partial charge in [-0.15, -0.1) is 0 Å². The topological polar surface area (TPSA) is 61.8 Å². The van der Waals surface area contributed by atoms with E-state index in [1.54, 1.807) is 26.8 Å². The van der Waals surface area contributed by atoms with Crippen LogP contribution < -0.4 is 4.74 Å². The maximum atomic E-state index is 12.6. The van der Waals surface area contributed by atoms with Crippen LogP contribution in [0.4, 0.5) is 0 Å². The highest BCUT2D eigenvalue weighted by Crippen LogP contribution is 2.39. The van der Waals surface area contributed by atoms with Gasteiger partial charge in [0.25, 0.3) is 6.23 Å². The van der Waals surface area contributed by atoms with Crippen molar-refractivity contribution in [2.24, 2.45) is 0 Å². The van der Waals surface area contributed by atoms with Crippen molar-refractivity contribution in [3.8, 4) is 5.75 Å². The fraction of sp³-hybridized carbons (Fsp3) is 0.400. The molecule has 1 heterocycles. The molecule has 0 unspecified atom stereocenters. The number of benzene rings is 1. The van der Waals surface area contributed by atoms with Gasteiger partial charge in [-0.1, -0.05) is 24.8 Å². The van der Waals surface area contributed by atoms with E-state index in [0.717, 1.165) is 10.0 Å². The van der Waals surface area contributed by atoms with E-state index in [1.807, 2.05) is 18.2 Å². The number of para-hydroxylation sites is 1. The summed E-state index contributed by atoms with van der Waals surface area (Å²) in [7, 11) is 0. The van der Waals surface area contributed by atoms with Crippen molar-refractivity contribution in [2.75, 3.05) is 0 Å². The molecule has 0 aliphatic carbocycles. The number of carbonyl (C=O) groups excluding carboxylic acids is 1. The number of nitrogens with zero attached hydrogens (tertiary/aromatic N) is 1. The smallest absolute Gasteiger partial charge is 0.327 e. The highest BCUT2D eigenvalue weighted by Gasteiger charge is 2.46. The van der Waals surface area contributed by atoms with Gasteiger partial charge in [0.1, 0.15) is 10.5 Å². The molecule has 2 atom stereocenters. The number of hydroxylamine groups is 1. The van der Waals surface area contributed by atoms with Gasteiger partial charge in [-0.2, -0.15) is 0 Å². The fourth-order valence-corrected chi connectivity index (χ4v) is 2.95. The Morgan fingerprint density at radius 3 is 2.57 bits per heavy atom. The lowest BCUT2D eigenvalue weighted by atomic mass is 10.1. The molecule has 114 valence electrons. The second-order valence-electron chi connectivity index (χ2n) is 5.72. The molecule has 6 heteroatoms. The largest absolute Gasteiger partial charge is 0.595 e. The third-order valence-corrected chi connectivity index (χ3v) is 4.51. The Hall–Kier alpha value is -1.50. The average Bonchev–Trinajstić information content (AvgIpc) is 2.72. The first kappa shape index (κ1) is 15.9. The first-order valence-electron chi connectivity index (χ1n) is 6.56. The van der Waals surface area contributed by atoms with Gasteiger partial charge in [0, 0.05) is 18.1 Å². The van der Waals surface area contributed by atoms with Crippen molar-refractivity contribution < 1.29 is 18.9 Å². The van der Waals surface area contributed by atoms with E-state index in [-0.39, 0.29) is 0 Å². The summed E-state index contributed by atoms with van der Waals surface area (Å²) in [5, 5.41) is 0. The van der Waals surface area contributed by atoms with E-state index in [4.69, 9.17) is 9.57 Å². The van der Waals surface area contributed by atoms with Crippen molar-refractivity contribution in [1.29, 1.82) is 0 Å². The van der Waals surface area contributed by atoms with Crippen LogP contribution >= 0.6 is 0 Å². The minimum absolute atomic E-state index is 0.556. The predicted molar refractivity (Wildman–Crippen MR) is 81.4 cm³/mol. The normalized spacial score (nSPS) is 19.1. The maximum Gasteiger partial charge on any atom is 0.327 e. The van der Waals surface area contributed by atoms with Crippen LogP contribution in [0.1, 0.15) is 33.3 Å². The first-order chi connectivity index (χ1) is 9.71. The summed E-state index contributed by atoms with van der Waals surface area (Å²) < 4.78 is 18.9. The predicted octanol–water partition coefficient (Wildman–Crippen LogP) is 2.66. The summed E-state index contributed by atoms with van der Waals surface area (Å²) in [4.78, 5) is 16.5. The molecular weight excluding hydrogens is 290 g/mol. The Labute approximate surface area is 127 Å². The van der Waals surface area contributed by atoms with Gasteiger partial charge in [-0.05, 0) is 26.8 Å². The lowest BCUT2D eigenvalue weighted by Gasteiger charge is -2.32. The highest BCUT2D eigenvalue weighted by atomic mass is 32.2. The van der Waals surface area contributed by atoms with Crippen LogP contribution in [0.25, 0.3) is 5.57 Å². The van der Waals surface area contributed by atoms with Gasteiger partial charge >= 0.3 is 5.97 Å². The summed E-state index contributed by atoms with van der Waals surface area (Å²) in [5.41, 5.74) is 1.44. The Kier molecular flexibility index (Phi) is 4.32. The van der Waals surface area contributed by atoms with E-state index in [1.165, 1.54) is 6.92 Å². The van der Waals surface area contributed by atoms with Gasteiger partial charge in [-0.25, -0.2) is 0 Å². The highest BCUT2D eigenvalue weighted by molar-refractivity contribution is 7.90. The number of carbonyl (C=O) groups is 1. The Balaban J connectivity index is 2.32. The molecule has 1 aliphatic rings. The van der Waals surface area contributed by atoms with E-state index >= 15 is 0 Å². The second kappa shape index (κ2) is 5.71. The lowest BCUT2D eigenvalue weighted by Crippen LogP contribution is -2.50. The van der Waals surface area contributed by atoms with Crippen LogP contribution in [0.2, 0.25) is 0 Å². The molecule has 0 saturated heterocycles. The number of rotatable bonds is 3. The van der Waals surface area contributed by atoms with E-state index < -0.39 is 28.3 Å². The summed E-state index contributed by atoms with van der Waals surface area (Å²) in [6.07, 6.45) is -0.786. The summed E-state index contributed by atoms with van der Waals surface area (Å²) >= 11 is -1.59. The zero-order valence-electron chi connectivity index (χ0n) is 12.6. The Morgan fingerprint density at radius 2 is 2.05 bits per heavy atom. The minimum atomic E-state index is -1.59. The zero-order valence-corrected chi connectivity index (χ0v) is 13.4.